The van der Waals surface area contributed by atoms with Crippen LogP contribution in [-0.4, -0.2) is 30.1 Å². The topological polar surface area (TPSA) is 99.4 Å². The smallest absolute Gasteiger partial charge is 0.338 e. The van der Waals surface area contributed by atoms with E-state index in [0.717, 1.165) is 0 Å². The molecule has 1 amide bonds. The van der Waals surface area contributed by atoms with Gasteiger partial charge in [-0.1, -0.05) is 0 Å². The molecule has 18 heavy (non-hydrogen) atoms. The number of rotatable bonds is 5. The minimum absolute atomic E-state index is 0.0424. The molecule has 2 N–H and O–H groups in total. The molecule has 0 atom stereocenters. The molecule has 0 heterocycles. The van der Waals surface area contributed by atoms with Gasteiger partial charge in [-0.05, 0) is 24.3 Å². The second-order valence-electron chi connectivity index (χ2n) is 3.38. The van der Waals surface area contributed by atoms with Crippen molar-refractivity contribution in [2.45, 2.75) is 6.42 Å². The Hall–Kier alpha value is -2.55. The summed E-state index contributed by atoms with van der Waals surface area (Å²) in [5, 5.41) is 19.7. The van der Waals surface area contributed by atoms with Crippen molar-refractivity contribution in [1.29, 1.82) is 5.26 Å². The van der Waals surface area contributed by atoms with Gasteiger partial charge in [0.05, 0.1) is 18.1 Å². The van der Waals surface area contributed by atoms with E-state index in [1.807, 2.05) is 6.07 Å². The van der Waals surface area contributed by atoms with Crippen molar-refractivity contribution >= 4 is 11.9 Å². The first kappa shape index (κ1) is 13.5. The minimum Gasteiger partial charge on any atom is -0.508 e. The molecule has 6 heteroatoms. The van der Waals surface area contributed by atoms with Gasteiger partial charge >= 0.3 is 5.97 Å². The van der Waals surface area contributed by atoms with Crippen molar-refractivity contribution in [1.82, 2.24) is 5.32 Å². The number of phenols is 1. The molecule has 0 radical (unpaired) electrons. The second kappa shape index (κ2) is 6.91. The zero-order chi connectivity index (χ0) is 13.4. The monoisotopic (exact) mass is 248 g/mol. The first-order valence-corrected chi connectivity index (χ1v) is 5.23. The Morgan fingerprint density at radius 3 is 2.61 bits per heavy atom. The lowest BCUT2D eigenvalue weighted by Crippen LogP contribution is -2.29. The number of benzene rings is 1. The van der Waals surface area contributed by atoms with Crippen molar-refractivity contribution in [2.24, 2.45) is 0 Å². The molecular weight excluding hydrogens is 236 g/mol. The highest BCUT2D eigenvalue weighted by molar-refractivity contribution is 5.91. The van der Waals surface area contributed by atoms with Gasteiger partial charge in [0.25, 0.3) is 5.91 Å². The maximum Gasteiger partial charge on any atom is 0.338 e. The van der Waals surface area contributed by atoms with Gasteiger partial charge in [0.2, 0.25) is 0 Å². The van der Waals surface area contributed by atoms with E-state index in [1.54, 1.807) is 0 Å². The summed E-state index contributed by atoms with van der Waals surface area (Å²) in [5.41, 5.74) is 0.248. The van der Waals surface area contributed by atoms with E-state index in [9.17, 15) is 9.59 Å². The molecule has 0 aliphatic rings. The number of nitriles is 1. The standard InChI is InChI=1S/C12H12N2O4/c13-6-1-7-14-11(16)8-18-12(17)9-2-4-10(15)5-3-9/h2-5,15H,1,7-8H2,(H,14,16). The Morgan fingerprint density at radius 1 is 1.33 bits per heavy atom. The lowest BCUT2D eigenvalue weighted by molar-refractivity contribution is -0.124. The fourth-order valence-electron chi connectivity index (χ4n) is 1.12. The van der Waals surface area contributed by atoms with Gasteiger partial charge < -0.3 is 15.2 Å². The van der Waals surface area contributed by atoms with Crippen molar-refractivity contribution in [2.75, 3.05) is 13.2 Å². The summed E-state index contributed by atoms with van der Waals surface area (Å²) in [7, 11) is 0. The number of aromatic hydroxyl groups is 1. The van der Waals surface area contributed by atoms with Crippen LogP contribution in [0.25, 0.3) is 0 Å². The summed E-state index contributed by atoms with van der Waals surface area (Å²) in [4.78, 5) is 22.6. The fourth-order valence-corrected chi connectivity index (χ4v) is 1.12. The van der Waals surface area contributed by atoms with Crippen LogP contribution in [0.4, 0.5) is 0 Å². The Bertz CT molecular complexity index is 462. The van der Waals surface area contributed by atoms with Crippen molar-refractivity contribution in [3.8, 4) is 11.8 Å². The average molecular weight is 248 g/mol. The third-order valence-corrected chi connectivity index (χ3v) is 2.00. The highest BCUT2D eigenvalue weighted by atomic mass is 16.5. The second-order valence-corrected chi connectivity index (χ2v) is 3.38. The van der Waals surface area contributed by atoms with Crippen LogP contribution in [-0.2, 0) is 9.53 Å². The Balaban J connectivity index is 2.35. The maximum absolute atomic E-state index is 11.5. The van der Waals surface area contributed by atoms with Crippen molar-refractivity contribution < 1.29 is 19.4 Å². The number of ether oxygens (including phenoxy) is 1. The number of carbonyl (C=O) groups is 2. The van der Waals surface area contributed by atoms with E-state index < -0.39 is 18.5 Å². The minimum atomic E-state index is -0.648. The van der Waals surface area contributed by atoms with Crippen LogP contribution in [0.5, 0.6) is 5.75 Å². The number of carbonyl (C=O) groups excluding carboxylic acids is 2. The van der Waals surface area contributed by atoms with Gasteiger partial charge in [-0.25, -0.2) is 4.79 Å². The summed E-state index contributed by atoms with van der Waals surface area (Å²) >= 11 is 0. The Kier molecular flexibility index (Phi) is 5.19. The molecule has 0 bridgehead atoms. The number of nitrogens with zero attached hydrogens (tertiary/aromatic N) is 1. The van der Waals surface area contributed by atoms with Crippen LogP contribution in [0.3, 0.4) is 0 Å². The third-order valence-electron chi connectivity index (χ3n) is 2.00. The summed E-state index contributed by atoms with van der Waals surface area (Å²) in [6, 6.07) is 7.36. The van der Waals surface area contributed by atoms with Crippen LogP contribution < -0.4 is 5.32 Å². The average Bonchev–Trinajstić information content (AvgIpc) is 2.37. The normalized spacial score (nSPS) is 9.28. The molecule has 1 aromatic carbocycles. The van der Waals surface area contributed by atoms with Crippen LogP contribution in [0.2, 0.25) is 0 Å². The largest absolute Gasteiger partial charge is 0.508 e. The van der Waals surface area contributed by atoms with Crippen LogP contribution in [0.15, 0.2) is 24.3 Å². The number of phenolic OH excluding ortho intramolecular Hbond substituents is 1. The highest BCUT2D eigenvalue weighted by Gasteiger charge is 2.09. The van der Waals surface area contributed by atoms with Gasteiger partial charge in [-0.3, -0.25) is 4.79 Å². The lowest BCUT2D eigenvalue weighted by Gasteiger charge is -2.05. The van der Waals surface area contributed by atoms with E-state index in [2.05, 4.69) is 5.32 Å². The molecule has 1 rings (SSSR count). The van der Waals surface area contributed by atoms with Gasteiger partial charge in [0, 0.05) is 6.54 Å². The highest BCUT2D eigenvalue weighted by Crippen LogP contribution is 2.10. The van der Waals surface area contributed by atoms with Gasteiger partial charge in [-0.15, -0.1) is 0 Å². The number of nitrogens with one attached hydrogen (secondary N) is 1. The number of hydrogen-bond donors (Lipinski definition) is 2. The predicted octanol–water partition coefficient (Wildman–Crippen LogP) is 0.579. The molecule has 94 valence electrons. The molecule has 0 aromatic heterocycles. The number of esters is 1. The van der Waals surface area contributed by atoms with Gasteiger partial charge in [-0.2, -0.15) is 5.26 Å². The molecule has 0 aliphatic heterocycles. The lowest BCUT2D eigenvalue weighted by atomic mass is 10.2. The first-order chi connectivity index (χ1) is 8.63. The molecule has 0 saturated heterocycles. The van der Waals surface area contributed by atoms with E-state index in [0.29, 0.717) is 0 Å². The number of amides is 1. The van der Waals surface area contributed by atoms with E-state index in [4.69, 9.17) is 15.1 Å². The molecule has 0 unspecified atom stereocenters. The molecule has 0 fully saturated rings. The predicted molar refractivity (Wildman–Crippen MR) is 61.6 cm³/mol. The third kappa shape index (κ3) is 4.53. The van der Waals surface area contributed by atoms with Crippen LogP contribution in [0, 0.1) is 11.3 Å². The van der Waals surface area contributed by atoms with Crippen LogP contribution in [0.1, 0.15) is 16.8 Å². The Labute approximate surface area is 104 Å². The molecule has 1 aromatic rings. The first-order valence-electron chi connectivity index (χ1n) is 5.23. The SMILES string of the molecule is N#CCCNC(=O)COC(=O)c1ccc(O)cc1. The Morgan fingerprint density at radius 2 is 2.00 bits per heavy atom. The quantitative estimate of drug-likeness (QED) is 0.586. The van der Waals surface area contributed by atoms with Crippen molar-refractivity contribution in [3.63, 3.8) is 0 Å². The summed E-state index contributed by atoms with van der Waals surface area (Å²) in [6.45, 7) is -0.169. The maximum atomic E-state index is 11.5. The summed E-state index contributed by atoms with van der Waals surface area (Å²) < 4.78 is 4.74. The molecule has 6 nitrogen and oxygen atoms in total. The van der Waals surface area contributed by atoms with Crippen LogP contribution >= 0.6 is 0 Å². The van der Waals surface area contributed by atoms with E-state index >= 15 is 0 Å². The number of hydrogen-bond acceptors (Lipinski definition) is 5. The van der Waals surface area contributed by atoms with Gasteiger partial charge in [0.15, 0.2) is 6.61 Å². The zero-order valence-corrected chi connectivity index (χ0v) is 9.55. The summed E-state index contributed by atoms with van der Waals surface area (Å²) in [6.07, 6.45) is 0.206. The molecular formula is C12H12N2O4. The molecule has 0 spiro atoms. The van der Waals surface area contributed by atoms with E-state index in [-0.39, 0.29) is 24.3 Å². The van der Waals surface area contributed by atoms with Crippen molar-refractivity contribution in [3.05, 3.63) is 29.8 Å². The fraction of sp³-hybridized carbons (Fsp3) is 0.250. The van der Waals surface area contributed by atoms with E-state index in [1.165, 1.54) is 24.3 Å². The van der Waals surface area contributed by atoms with Gasteiger partial charge in [0.1, 0.15) is 5.75 Å². The summed E-state index contributed by atoms with van der Waals surface area (Å²) in [5.74, 6) is -1.07. The molecule has 0 saturated carbocycles. The molecule has 0 aliphatic carbocycles. The zero-order valence-electron chi connectivity index (χ0n) is 9.55.